The smallest absolute Gasteiger partial charge is 0.420 e. The van der Waals surface area contributed by atoms with E-state index in [1.807, 2.05) is 14.1 Å². The van der Waals surface area contributed by atoms with Gasteiger partial charge < -0.3 is 9.64 Å². The number of aromatic amines is 1. The van der Waals surface area contributed by atoms with Gasteiger partial charge in [0.25, 0.3) is 0 Å². The van der Waals surface area contributed by atoms with Gasteiger partial charge in [0.05, 0.1) is 17.8 Å². The van der Waals surface area contributed by atoms with E-state index in [-0.39, 0.29) is 17.2 Å². The summed E-state index contributed by atoms with van der Waals surface area (Å²) in [6, 6.07) is 3.45. The molecule has 1 aliphatic rings. The Labute approximate surface area is 132 Å². The number of nitrogens with one attached hydrogen (secondary N) is 1. The van der Waals surface area contributed by atoms with Crippen molar-refractivity contribution in [2.45, 2.75) is 44.0 Å². The molecular formula is C16H20F3N3O. The zero-order chi connectivity index (χ0) is 16.6. The van der Waals surface area contributed by atoms with Gasteiger partial charge in [0, 0.05) is 11.4 Å². The van der Waals surface area contributed by atoms with Gasteiger partial charge in [0.2, 0.25) is 0 Å². The number of rotatable bonds is 3. The van der Waals surface area contributed by atoms with Crippen LogP contribution in [-0.4, -0.2) is 41.3 Å². The Hall–Kier alpha value is -1.76. The lowest BCUT2D eigenvalue weighted by Gasteiger charge is -2.33. The quantitative estimate of drug-likeness (QED) is 0.931. The van der Waals surface area contributed by atoms with Gasteiger partial charge in [-0.15, -0.1) is 0 Å². The fourth-order valence-corrected chi connectivity index (χ4v) is 3.25. The van der Waals surface area contributed by atoms with Crippen molar-refractivity contribution in [3.05, 3.63) is 23.9 Å². The molecule has 23 heavy (non-hydrogen) atoms. The van der Waals surface area contributed by atoms with Gasteiger partial charge in [0.1, 0.15) is 11.3 Å². The second-order valence-corrected chi connectivity index (χ2v) is 6.28. The summed E-state index contributed by atoms with van der Waals surface area (Å²) in [6.45, 7) is 0. The third-order valence-electron chi connectivity index (χ3n) is 4.54. The molecule has 0 aliphatic heterocycles. The lowest BCUT2D eigenvalue weighted by atomic mass is 9.92. The minimum Gasteiger partial charge on any atom is -0.490 e. The van der Waals surface area contributed by atoms with Gasteiger partial charge in [-0.25, -0.2) is 0 Å². The third-order valence-corrected chi connectivity index (χ3v) is 4.54. The van der Waals surface area contributed by atoms with Gasteiger partial charge in [0.15, 0.2) is 0 Å². The molecule has 1 aromatic heterocycles. The number of ether oxygens (including phenoxy) is 1. The zero-order valence-electron chi connectivity index (χ0n) is 13.2. The molecule has 7 heteroatoms. The van der Waals surface area contributed by atoms with Crippen molar-refractivity contribution in [3.63, 3.8) is 0 Å². The van der Waals surface area contributed by atoms with Crippen LogP contribution >= 0.6 is 0 Å². The van der Waals surface area contributed by atoms with Gasteiger partial charge in [-0.2, -0.15) is 18.3 Å². The lowest BCUT2D eigenvalue weighted by molar-refractivity contribution is -0.138. The molecule has 1 saturated carbocycles. The largest absolute Gasteiger partial charge is 0.490 e. The molecule has 1 aliphatic carbocycles. The van der Waals surface area contributed by atoms with Gasteiger partial charge >= 0.3 is 6.18 Å². The molecular weight excluding hydrogens is 307 g/mol. The standard InChI is InChI=1S/C16H20F3N3O/c1-22(2)10-3-5-11(6-4-10)23-14-8-7-13-12(9-20-21-13)15(14)16(17,18)19/h7-11H,3-6H2,1-2H3,(H,20,21)/t10-,11-. The number of benzene rings is 1. The molecule has 4 nitrogen and oxygen atoms in total. The van der Waals surface area contributed by atoms with Crippen LogP contribution < -0.4 is 4.74 Å². The summed E-state index contributed by atoms with van der Waals surface area (Å²) in [5.74, 6) is -0.0975. The highest BCUT2D eigenvalue weighted by atomic mass is 19.4. The van der Waals surface area contributed by atoms with Crippen LogP contribution in [0.15, 0.2) is 18.3 Å². The van der Waals surface area contributed by atoms with E-state index < -0.39 is 11.7 Å². The lowest BCUT2D eigenvalue weighted by Crippen LogP contribution is -2.35. The van der Waals surface area contributed by atoms with E-state index in [1.165, 1.54) is 12.3 Å². The van der Waals surface area contributed by atoms with E-state index >= 15 is 0 Å². The molecule has 126 valence electrons. The number of H-pyrrole nitrogens is 1. The molecule has 1 fully saturated rings. The minimum absolute atomic E-state index is 0.0528. The van der Waals surface area contributed by atoms with Gasteiger partial charge in [-0.05, 0) is 51.9 Å². The van der Waals surface area contributed by atoms with Crippen molar-refractivity contribution in [1.82, 2.24) is 15.1 Å². The van der Waals surface area contributed by atoms with Crippen LogP contribution in [0.25, 0.3) is 10.9 Å². The van der Waals surface area contributed by atoms with Gasteiger partial charge in [-0.3, -0.25) is 5.10 Å². The van der Waals surface area contributed by atoms with Crippen LogP contribution in [0.5, 0.6) is 5.75 Å². The maximum absolute atomic E-state index is 13.4. The van der Waals surface area contributed by atoms with Crippen LogP contribution in [0.4, 0.5) is 13.2 Å². The normalized spacial score (nSPS) is 22.7. The predicted octanol–water partition coefficient (Wildman–Crippen LogP) is 3.83. The molecule has 1 N–H and O–H groups in total. The molecule has 2 aromatic rings. The monoisotopic (exact) mass is 327 g/mol. The number of halogens is 3. The first-order valence-corrected chi connectivity index (χ1v) is 7.72. The molecule has 0 spiro atoms. The summed E-state index contributed by atoms with van der Waals surface area (Å²) < 4.78 is 46.1. The highest BCUT2D eigenvalue weighted by Crippen LogP contribution is 2.41. The summed E-state index contributed by atoms with van der Waals surface area (Å²) >= 11 is 0. The first-order valence-electron chi connectivity index (χ1n) is 7.72. The maximum atomic E-state index is 13.4. The Kier molecular flexibility index (Phi) is 4.23. The third kappa shape index (κ3) is 3.29. The minimum atomic E-state index is -4.47. The highest BCUT2D eigenvalue weighted by molar-refractivity contribution is 5.84. The Morgan fingerprint density at radius 3 is 2.48 bits per heavy atom. The SMILES string of the molecule is CN(C)[C@H]1CC[C@H](Oc2ccc3[nH]ncc3c2C(F)(F)F)CC1. The molecule has 0 amide bonds. The van der Waals surface area contributed by atoms with Crippen molar-refractivity contribution in [2.75, 3.05) is 14.1 Å². The summed E-state index contributed by atoms with van der Waals surface area (Å²) in [4.78, 5) is 2.16. The molecule has 0 unspecified atom stereocenters. The molecule has 3 rings (SSSR count). The Morgan fingerprint density at radius 1 is 1.17 bits per heavy atom. The van der Waals surface area contributed by atoms with E-state index in [9.17, 15) is 13.2 Å². The number of nitrogens with zero attached hydrogens (tertiary/aromatic N) is 2. The fraction of sp³-hybridized carbons (Fsp3) is 0.562. The van der Waals surface area contributed by atoms with E-state index in [0.29, 0.717) is 11.6 Å². The van der Waals surface area contributed by atoms with Crippen LogP contribution in [0, 0.1) is 0 Å². The van der Waals surface area contributed by atoms with Crippen molar-refractivity contribution < 1.29 is 17.9 Å². The van der Waals surface area contributed by atoms with E-state index in [0.717, 1.165) is 25.7 Å². The average molecular weight is 327 g/mol. The molecule has 0 radical (unpaired) electrons. The van der Waals surface area contributed by atoms with Crippen LogP contribution in [0.3, 0.4) is 0 Å². The number of aromatic nitrogens is 2. The Morgan fingerprint density at radius 2 is 1.87 bits per heavy atom. The van der Waals surface area contributed by atoms with Crippen LogP contribution in [0.1, 0.15) is 31.2 Å². The topological polar surface area (TPSA) is 41.1 Å². The van der Waals surface area contributed by atoms with Crippen molar-refractivity contribution in [1.29, 1.82) is 0 Å². The average Bonchev–Trinajstić information content (AvgIpc) is 2.94. The van der Waals surface area contributed by atoms with E-state index in [1.54, 1.807) is 6.07 Å². The van der Waals surface area contributed by atoms with Crippen LogP contribution in [0.2, 0.25) is 0 Å². The summed E-state index contributed by atoms with van der Waals surface area (Å²) in [5, 5.41) is 6.33. The second kappa shape index (κ2) is 6.03. The van der Waals surface area contributed by atoms with Gasteiger partial charge in [-0.1, -0.05) is 0 Å². The number of hydrogen-bond donors (Lipinski definition) is 1. The van der Waals surface area contributed by atoms with Crippen LogP contribution in [-0.2, 0) is 6.18 Å². The fourth-order valence-electron chi connectivity index (χ4n) is 3.25. The van der Waals surface area contributed by atoms with Crippen molar-refractivity contribution >= 4 is 10.9 Å². The Bertz CT molecular complexity index is 673. The van der Waals surface area contributed by atoms with E-state index in [2.05, 4.69) is 15.1 Å². The zero-order valence-corrected chi connectivity index (χ0v) is 13.2. The molecule has 1 aromatic carbocycles. The first kappa shape index (κ1) is 16.1. The summed E-state index contributed by atoms with van der Waals surface area (Å²) in [5.41, 5.74) is -0.375. The molecule has 0 atom stereocenters. The Balaban J connectivity index is 1.83. The number of fused-ring (bicyclic) bond motifs is 1. The second-order valence-electron chi connectivity index (χ2n) is 6.28. The van der Waals surface area contributed by atoms with Crippen molar-refractivity contribution in [2.24, 2.45) is 0 Å². The highest BCUT2D eigenvalue weighted by Gasteiger charge is 2.38. The molecule has 0 saturated heterocycles. The number of alkyl halides is 3. The van der Waals surface area contributed by atoms with E-state index in [4.69, 9.17) is 4.74 Å². The summed E-state index contributed by atoms with van der Waals surface area (Å²) in [6.07, 6.45) is -0.0303. The molecule has 1 heterocycles. The first-order chi connectivity index (χ1) is 10.9. The summed E-state index contributed by atoms with van der Waals surface area (Å²) in [7, 11) is 4.06. The van der Waals surface area contributed by atoms with Crippen molar-refractivity contribution in [3.8, 4) is 5.75 Å². The predicted molar refractivity (Wildman–Crippen MR) is 81.5 cm³/mol. The number of hydrogen-bond acceptors (Lipinski definition) is 3. The molecule has 0 bridgehead atoms. The maximum Gasteiger partial charge on any atom is 0.420 e.